The number of nitrogens with one attached hydrogen (secondary N) is 1. The second kappa shape index (κ2) is 9.47. The fraction of sp³-hybridized carbons (Fsp3) is 0.318. The molecule has 0 aliphatic heterocycles. The van der Waals surface area contributed by atoms with Crippen molar-refractivity contribution in [2.24, 2.45) is 5.92 Å². The summed E-state index contributed by atoms with van der Waals surface area (Å²) in [6, 6.07) is 11.9. The largest absolute Gasteiger partial charge is 0.346 e. The Morgan fingerprint density at radius 3 is 2.50 bits per heavy atom. The van der Waals surface area contributed by atoms with Crippen LogP contribution in [0, 0.1) is 21.8 Å². The summed E-state index contributed by atoms with van der Waals surface area (Å²) in [5.41, 5.74) is 1.56. The van der Waals surface area contributed by atoms with Gasteiger partial charge in [-0.25, -0.2) is 4.39 Å². The van der Waals surface area contributed by atoms with Gasteiger partial charge < -0.3 is 5.32 Å². The maximum absolute atomic E-state index is 13.2. The van der Waals surface area contributed by atoms with Gasteiger partial charge in [-0.2, -0.15) is 0 Å². The van der Waals surface area contributed by atoms with E-state index in [-0.39, 0.29) is 23.3 Å². The summed E-state index contributed by atoms with van der Waals surface area (Å²) >= 11 is 1.41. The number of hydrogen-bond acceptors (Lipinski definition) is 6. The van der Waals surface area contributed by atoms with Crippen molar-refractivity contribution >= 4 is 23.4 Å². The average molecular weight is 456 g/mol. The number of halogens is 1. The minimum absolute atomic E-state index is 0.00233. The summed E-state index contributed by atoms with van der Waals surface area (Å²) < 4.78 is 15.0. The standard InChI is InChI=1S/C22H22FN5O3S/c1-14(24-21(29)16-3-2-4-16)20-25-26-22(32-13-15-5-7-17(23)8-6-15)27(20)18-9-11-19(12-10-18)28(30)31/h5-12,14,16H,2-4,13H2,1H3,(H,24,29). The van der Waals surface area contributed by atoms with Crippen LogP contribution in [0.25, 0.3) is 5.69 Å². The Labute approximate surface area is 188 Å². The second-order valence-corrected chi connectivity index (χ2v) is 8.67. The first-order valence-corrected chi connectivity index (χ1v) is 11.3. The van der Waals surface area contributed by atoms with Gasteiger partial charge in [0.25, 0.3) is 5.69 Å². The molecular formula is C22H22FN5O3S. The number of nitro groups is 1. The lowest BCUT2D eigenvalue weighted by molar-refractivity contribution is -0.384. The summed E-state index contributed by atoms with van der Waals surface area (Å²) in [4.78, 5) is 23.0. The molecule has 1 saturated carbocycles. The highest BCUT2D eigenvalue weighted by Gasteiger charge is 2.28. The highest BCUT2D eigenvalue weighted by Crippen LogP contribution is 2.30. The molecule has 1 unspecified atom stereocenters. The van der Waals surface area contributed by atoms with E-state index in [1.165, 1.54) is 36.0 Å². The Kier molecular flexibility index (Phi) is 6.50. The van der Waals surface area contributed by atoms with Crippen LogP contribution in [0.15, 0.2) is 53.7 Å². The molecular weight excluding hydrogens is 433 g/mol. The Balaban J connectivity index is 1.62. The molecule has 1 amide bonds. The maximum atomic E-state index is 13.2. The van der Waals surface area contributed by atoms with Crippen molar-refractivity contribution in [3.63, 3.8) is 0 Å². The molecule has 32 heavy (non-hydrogen) atoms. The lowest BCUT2D eigenvalue weighted by Gasteiger charge is -2.26. The topological polar surface area (TPSA) is 103 Å². The molecule has 10 heteroatoms. The number of carbonyl (C=O) groups excluding carboxylic acids is 1. The van der Waals surface area contributed by atoms with Crippen molar-refractivity contribution in [2.75, 3.05) is 0 Å². The first kappa shape index (κ1) is 21.9. The van der Waals surface area contributed by atoms with Crippen LogP contribution in [0.1, 0.15) is 43.6 Å². The van der Waals surface area contributed by atoms with E-state index >= 15 is 0 Å². The lowest BCUT2D eigenvalue weighted by atomic mass is 9.84. The monoisotopic (exact) mass is 455 g/mol. The summed E-state index contributed by atoms with van der Waals surface area (Å²) in [5.74, 6) is 0.816. The number of nitro benzene ring substituents is 1. The van der Waals surface area contributed by atoms with E-state index < -0.39 is 11.0 Å². The fourth-order valence-corrected chi connectivity index (χ4v) is 4.33. The second-order valence-electron chi connectivity index (χ2n) is 7.72. The van der Waals surface area contributed by atoms with Crippen molar-refractivity contribution in [1.29, 1.82) is 0 Å². The third-order valence-electron chi connectivity index (χ3n) is 5.48. The lowest BCUT2D eigenvalue weighted by Crippen LogP contribution is -2.36. The zero-order valence-electron chi connectivity index (χ0n) is 17.4. The van der Waals surface area contributed by atoms with E-state index in [1.54, 1.807) is 28.8 Å². The molecule has 1 atom stereocenters. The number of carbonyl (C=O) groups is 1. The van der Waals surface area contributed by atoms with E-state index in [9.17, 15) is 19.3 Å². The van der Waals surface area contributed by atoms with Crippen LogP contribution >= 0.6 is 11.8 Å². The van der Waals surface area contributed by atoms with E-state index in [4.69, 9.17) is 0 Å². The first-order chi connectivity index (χ1) is 15.4. The SMILES string of the molecule is CC(NC(=O)C1CCC1)c1nnc(SCc2ccc(F)cc2)n1-c1ccc([N+](=O)[O-])cc1. The number of aromatic nitrogens is 3. The zero-order valence-corrected chi connectivity index (χ0v) is 18.2. The molecule has 1 heterocycles. The minimum atomic E-state index is -0.456. The first-order valence-electron chi connectivity index (χ1n) is 10.3. The Hall–Kier alpha value is -3.27. The molecule has 4 rings (SSSR count). The maximum Gasteiger partial charge on any atom is 0.269 e. The number of thioether (sulfide) groups is 1. The number of nitrogens with zero attached hydrogens (tertiary/aromatic N) is 4. The van der Waals surface area contributed by atoms with Gasteiger partial charge in [0.1, 0.15) is 5.82 Å². The van der Waals surface area contributed by atoms with Crippen molar-refractivity contribution in [1.82, 2.24) is 20.1 Å². The Morgan fingerprint density at radius 1 is 1.22 bits per heavy atom. The van der Waals surface area contributed by atoms with E-state index in [1.807, 2.05) is 6.92 Å². The van der Waals surface area contributed by atoms with E-state index in [0.717, 1.165) is 24.8 Å². The molecule has 1 aliphatic carbocycles. The quantitative estimate of drug-likeness (QED) is 0.303. The van der Waals surface area contributed by atoms with E-state index in [2.05, 4.69) is 15.5 Å². The van der Waals surface area contributed by atoms with Gasteiger partial charge in [0.05, 0.1) is 11.0 Å². The van der Waals surface area contributed by atoms with Crippen LogP contribution < -0.4 is 5.32 Å². The van der Waals surface area contributed by atoms with Crippen molar-refractivity contribution < 1.29 is 14.1 Å². The van der Waals surface area contributed by atoms with Gasteiger partial charge >= 0.3 is 0 Å². The van der Waals surface area contributed by atoms with Gasteiger partial charge in [0, 0.05) is 29.5 Å². The van der Waals surface area contributed by atoms with Crippen molar-refractivity contribution in [3.8, 4) is 5.69 Å². The van der Waals surface area contributed by atoms with Crippen LogP contribution in [-0.2, 0) is 10.5 Å². The van der Waals surface area contributed by atoms with Crippen LogP contribution in [0.4, 0.5) is 10.1 Å². The highest BCUT2D eigenvalue weighted by atomic mass is 32.2. The highest BCUT2D eigenvalue weighted by molar-refractivity contribution is 7.98. The summed E-state index contributed by atoms with van der Waals surface area (Å²) in [5, 5.41) is 23.2. The van der Waals surface area contributed by atoms with Gasteiger partial charge in [0.15, 0.2) is 11.0 Å². The number of rotatable bonds is 8. The third-order valence-corrected chi connectivity index (χ3v) is 6.48. The van der Waals surface area contributed by atoms with E-state index in [0.29, 0.717) is 22.4 Å². The smallest absolute Gasteiger partial charge is 0.269 e. The predicted molar refractivity (Wildman–Crippen MR) is 118 cm³/mol. The molecule has 0 saturated heterocycles. The van der Waals surface area contributed by atoms with Gasteiger partial charge in [-0.1, -0.05) is 30.3 Å². The summed E-state index contributed by atoms with van der Waals surface area (Å²) in [7, 11) is 0. The van der Waals surface area contributed by atoms with Crippen molar-refractivity contribution in [3.05, 3.63) is 75.9 Å². The zero-order chi connectivity index (χ0) is 22.7. The number of amides is 1. The molecule has 0 radical (unpaired) electrons. The molecule has 1 fully saturated rings. The summed E-state index contributed by atoms with van der Waals surface area (Å²) in [6.07, 6.45) is 2.86. The van der Waals surface area contributed by atoms with Crippen LogP contribution in [0.2, 0.25) is 0 Å². The van der Waals surface area contributed by atoms with Crippen LogP contribution in [0.5, 0.6) is 0 Å². The third kappa shape index (κ3) is 4.80. The van der Waals surface area contributed by atoms with Gasteiger partial charge in [-0.3, -0.25) is 19.5 Å². The minimum Gasteiger partial charge on any atom is -0.346 e. The molecule has 2 aromatic carbocycles. The number of hydrogen-bond donors (Lipinski definition) is 1. The summed E-state index contributed by atoms with van der Waals surface area (Å²) in [6.45, 7) is 1.84. The molecule has 8 nitrogen and oxygen atoms in total. The van der Waals surface area contributed by atoms with Gasteiger partial charge in [-0.05, 0) is 49.6 Å². The Bertz CT molecular complexity index is 1110. The van der Waals surface area contributed by atoms with Crippen LogP contribution in [-0.4, -0.2) is 25.6 Å². The predicted octanol–water partition coefficient (Wildman–Crippen LogP) is 4.58. The van der Waals surface area contributed by atoms with Gasteiger partial charge in [0.2, 0.25) is 5.91 Å². The number of non-ortho nitro benzene ring substituents is 1. The normalized spacial score (nSPS) is 14.6. The molecule has 3 aromatic rings. The van der Waals surface area contributed by atoms with Crippen molar-refractivity contribution in [2.45, 2.75) is 43.1 Å². The average Bonchev–Trinajstić information content (AvgIpc) is 3.16. The van der Waals surface area contributed by atoms with Gasteiger partial charge in [-0.15, -0.1) is 10.2 Å². The Morgan fingerprint density at radius 2 is 1.91 bits per heavy atom. The molecule has 166 valence electrons. The molecule has 0 spiro atoms. The molecule has 1 aliphatic rings. The van der Waals surface area contributed by atoms with Crippen LogP contribution in [0.3, 0.4) is 0 Å². The molecule has 1 aromatic heterocycles. The molecule has 1 N–H and O–H groups in total. The molecule has 0 bridgehead atoms. The number of benzene rings is 2. The fourth-order valence-electron chi connectivity index (χ4n) is 3.42.